The van der Waals surface area contributed by atoms with Gasteiger partial charge in [0.05, 0.1) is 31.0 Å². The number of nitrogen functional groups attached to an aromatic ring is 1. The third-order valence-electron chi connectivity index (χ3n) is 5.04. The molecule has 4 aromatic rings. The molecule has 0 bridgehead atoms. The van der Waals surface area contributed by atoms with Gasteiger partial charge in [-0.05, 0) is 52.0 Å². The maximum Gasteiger partial charge on any atom is 0.350 e. The van der Waals surface area contributed by atoms with Crippen LogP contribution >= 0.6 is 31.4 Å². The van der Waals surface area contributed by atoms with Crippen molar-refractivity contribution >= 4 is 65.3 Å². The van der Waals surface area contributed by atoms with Crippen molar-refractivity contribution < 1.29 is 28.3 Å². The fraction of sp³-hybridized carbons (Fsp3) is 0.320. The van der Waals surface area contributed by atoms with E-state index in [1.807, 2.05) is 45.9 Å². The van der Waals surface area contributed by atoms with Gasteiger partial charge in [-0.15, -0.1) is 0 Å². The first-order valence-corrected chi connectivity index (χ1v) is 14.7. The number of rotatable bonds is 9. The number of benzene rings is 1. The molecule has 0 saturated heterocycles. The number of aromatic nitrogens is 4. The Bertz CT molecular complexity index is 1560. The number of halogens is 1. The number of hydrogen-bond donors (Lipinski definition) is 4. The highest BCUT2D eigenvalue weighted by atomic mass is 35.5. The summed E-state index contributed by atoms with van der Waals surface area (Å²) in [6, 6.07) is 7.33. The van der Waals surface area contributed by atoms with Gasteiger partial charge in [-0.1, -0.05) is 29.0 Å². The minimum Gasteiger partial charge on any atom is -0.469 e. The highest BCUT2D eigenvalue weighted by Crippen LogP contribution is 2.33. The number of fused-ring (bicyclic) bond motifs is 1. The number of nitrogens with zero attached hydrogens (tertiary/aromatic N) is 5. The molecule has 0 unspecified atom stereocenters. The first-order valence-electron chi connectivity index (χ1n) is 12.1. The van der Waals surface area contributed by atoms with Gasteiger partial charge in [0.15, 0.2) is 11.5 Å². The van der Waals surface area contributed by atoms with Crippen LogP contribution in [0.4, 0.5) is 11.5 Å². The Morgan fingerprint density at radius 3 is 2.71 bits per heavy atom. The molecule has 220 valence electrons. The van der Waals surface area contributed by atoms with Crippen molar-refractivity contribution in [3.63, 3.8) is 0 Å². The van der Waals surface area contributed by atoms with E-state index in [-0.39, 0.29) is 18.0 Å². The molecule has 0 aliphatic rings. The highest BCUT2D eigenvalue weighted by Gasteiger charge is 2.13. The number of aryl methyl sites for hydroxylation is 1. The lowest BCUT2D eigenvalue weighted by molar-refractivity contribution is 0.00199. The molecule has 16 heteroatoms. The van der Waals surface area contributed by atoms with Crippen molar-refractivity contribution in [1.82, 2.24) is 19.5 Å². The minimum atomic E-state index is -4.12. The Balaban J connectivity index is 0.000000232. The lowest BCUT2D eigenvalue weighted by Crippen LogP contribution is -2.15. The van der Waals surface area contributed by atoms with Gasteiger partial charge in [-0.3, -0.25) is 4.57 Å². The molecule has 0 radical (unpaired) electrons. The average molecular weight is 624 g/mol. The number of ether oxygens (including phenoxy) is 1. The van der Waals surface area contributed by atoms with E-state index in [9.17, 15) is 4.57 Å². The van der Waals surface area contributed by atoms with E-state index < -0.39 is 13.9 Å². The fourth-order valence-electron chi connectivity index (χ4n) is 3.19. The number of nitrogens with two attached hydrogens (primary N) is 1. The number of anilines is 2. The van der Waals surface area contributed by atoms with Gasteiger partial charge in [-0.2, -0.15) is 0 Å². The summed E-state index contributed by atoms with van der Waals surface area (Å²) in [6.45, 7) is 8.15. The average Bonchev–Trinajstić information content (AvgIpc) is 3.50. The van der Waals surface area contributed by atoms with Crippen LogP contribution < -0.4 is 11.1 Å². The van der Waals surface area contributed by atoms with Gasteiger partial charge in [0, 0.05) is 22.8 Å². The van der Waals surface area contributed by atoms with Crippen LogP contribution in [0.1, 0.15) is 37.7 Å². The molecule has 3 aromatic heterocycles. The normalized spacial score (nSPS) is 11.9. The van der Waals surface area contributed by atoms with Crippen LogP contribution in [0, 0.1) is 6.92 Å². The van der Waals surface area contributed by atoms with Crippen molar-refractivity contribution in [1.29, 1.82) is 0 Å². The first kappa shape index (κ1) is 32.1. The molecule has 3 heterocycles. The second-order valence-electron chi connectivity index (χ2n) is 9.59. The summed E-state index contributed by atoms with van der Waals surface area (Å²) in [4.78, 5) is 35.0. The molecule has 0 spiro atoms. The topological polar surface area (TPSA) is 183 Å². The Hall–Kier alpha value is -3.39. The van der Waals surface area contributed by atoms with Crippen molar-refractivity contribution in [2.75, 3.05) is 24.0 Å². The van der Waals surface area contributed by atoms with E-state index in [4.69, 9.17) is 53.3 Å². The van der Waals surface area contributed by atoms with Crippen LogP contribution in [0.25, 0.3) is 11.2 Å². The van der Waals surface area contributed by atoms with Crippen LogP contribution in [0.5, 0.6) is 0 Å². The molecule has 0 atom stereocenters. The second-order valence-corrected chi connectivity index (χ2v) is 12.0. The molecular formula is C25H31ClN7O6PS. The van der Waals surface area contributed by atoms with E-state index >= 15 is 0 Å². The summed E-state index contributed by atoms with van der Waals surface area (Å²) < 4.78 is 22.4. The molecule has 4 rings (SSSR count). The Labute approximate surface area is 246 Å². The van der Waals surface area contributed by atoms with E-state index in [1.165, 1.54) is 12.7 Å². The molecule has 13 nitrogen and oxygen atoms in total. The molecule has 0 aliphatic heterocycles. The molecule has 0 saturated carbocycles. The molecule has 0 amide bonds. The molecule has 0 aliphatic carbocycles. The molecule has 5 N–H and O–H groups in total. The van der Waals surface area contributed by atoms with E-state index in [0.29, 0.717) is 27.7 Å². The molecule has 0 fully saturated rings. The summed E-state index contributed by atoms with van der Waals surface area (Å²) >= 11 is 11.6. The van der Waals surface area contributed by atoms with Crippen LogP contribution in [-0.2, 0) is 20.7 Å². The minimum absolute atomic E-state index is 0.139. The summed E-state index contributed by atoms with van der Waals surface area (Å²) in [5.41, 5.74) is 8.75. The summed E-state index contributed by atoms with van der Waals surface area (Å²) in [5.74, 6) is 1.06. The van der Waals surface area contributed by atoms with Crippen LogP contribution in [0.2, 0.25) is 5.02 Å². The zero-order valence-corrected chi connectivity index (χ0v) is 25.3. The second kappa shape index (κ2) is 14.0. The van der Waals surface area contributed by atoms with Gasteiger partial charge < -0.3 is 39.4 Å². The Morgan fingerprint density at radius 2 is 2.05 bits per heavy atom. The number of furan rings is 1. The molecular weight excluding hydrogens is 593 g/mol. The van der Waals surface area contributed by atoms with Crippen LogP contribution in [0.3, 0.4) is 0 Å². The molecule has 41 heavy (non-hydrogen) atoms. The maximum atomic E-state index is 10.6. The lowest BCUT2D eigenvalue weighted by Gasteiger charge is -2.15. The summed E-state index contributed by atoms with van der Waals surface area (Å²) in [7, 11) is -4.12. The van der Waals surface area contributed by atoms with Gasteiger partial charge >= 0.3 is 7.60 Å². The van der Waals surface area contributed by atoms with Gasteiger partial charge in [0.1, 0.15) is 34.5 Å². The highest BCUT2D eigenvalue weighted by molar-refractivity contribution is 7.81. The quantitative estimate of drug-likeness (QED) is 0.0661. The monoisotopic (exact) mass is 623 g/mol. The summed E-state index contributed by atoms with van der Waals surface area (Å²) in [5, 5.41) is 7.73. The SMILES string of the molecule is Cc1occc1C(=S)Nc1ccc(Cl)c(/C=N/OC(C)(C)C)c1.Nc1ncnc2c1ncn2CCOCP(=O)(O)O. The third kappa shape index (κ3) is 10.2. The van der Waals surface area contributed by atoms with Gasteiger partial charge in [-0.25, -0.2) is 15.0 Å². The predicted molar refractivity (Wildman–Crippen MR) is 161 cm³/mol. The number of oxime groups is 1. The fourth-order valence-corrected chi connectivity index (χ4v) is 4.05. The predicted octanol–water partition coefficient (Wildman–Crippen LogP) is 4.74. The van der Waals surface area contributed by atoms with Crippen molar-refractivity contribution in [3.05, 3.63) is 65.1 Å². The van der Waals surface area contributed by atoms with Gasteiger partial charge in [0.25, 0.3) is 0 Å². The van der Waals surface area contributed by atoms with Crippen LogP contribution in [0.15, 0.2) is 52.8 Å². The largest absolute Gasteiger partial charge is 0.469 e. The van der Waals surface area contributed by atoms with E-state index in [1.54, 1.807) is 23.1 Å². The summed E-state index contributed by atoms with van der Waals surface area (Å²) in [6.07, 6.45) is 5.45. The van der Waals surface area contributed by atoms with E-state index in [2.05, 4.69) is 25.4 Å². The standard InChI is InChI=1S/C17H19ClN2O2S.C8H12N5O4P/c1-11-14(7-8-21-11)16(23)20-13-5-6-15(18)12(9-13)10-19-22-17(2,3)4;9-7-6-8(11-3-10-7)13(4-12-6)1-2-17-5-18(14,15)16/h5-10H,1-4H3,(H,20,23);3-4H,1-2,5H2,(H2,9,10,11)(H2,14,15,16)/b19-10+;. The smallest absolute Gasteiger partial charge is 0.350 e. The lowest BCUT2D eigenvalue weighted by atomic mass is 10.2. The maximum absolute atomic E-state index is 10.6. The number of hydrogen-bond acceptors (Lipinski definition) is 10. The third-order valence-corrected chi connectivity index (χ3v) is 6.23. The molecule has 1 aromatic carbocycles. The number of nitrogens with one attached hydrogen (secondary N) is 1. The Morgan fingerprint density at radius 1 is 1.29 bits per heavy atom. The first-order chi connectivity index (χ1) is 19.2. The number of imidazole rings is 1. The zero-order valence-electron chi connectivity index (χ0n) is 22.8. The van der Waals surface area contributed by atoms with Crippen LogP contribution in [-0.4, -0.2) is 59.1 Å². The van der Waals surface area contributed by atoms with Crippen molar-refractivity contribution in [2.24, 2.45) is 5.16 Å². The van der Waals surface area contributed by atoms with Gasteiger partial charge in [0.2, 0.25) is 0 Å². The van der Waals surface area contributed by atoms with Crippen molar-refractivity contribution in [3.8, 4) is 0 Å². The van der Waals surface area contributed by atoms with Crippen molar-refractivity contribution in [2.45, 2.75) is 39.8 Å². The zero-order chi connectivity index (χ0) is 30.2. The van der Waals surface area contributed by atoms with E-state index in [0.717, 1.165) is 22.6 Å². The number of thiocarbonyl (C=S) groups is 1. The Kier molecular flexibility index (Phi) is 11.0.